The molecule has 0 radical (unpaired) electrons. The van der Waals surface area contributed by atoms with Crippen molar-refractivity contribution in [2.75, 3.05) is 44.0 Å². The smallest absolute Gasteiger partial charge is 0.337 e. The molecule has 19 heavy (non-hydrogen) atoms. The maximum absolute atomic E-state index is 11.5. The molecule has 0 saturated heterocycles. The Labute approximate surface area is 123 Å². The fourth-order valence-corrected chi connectivity index (χ4v) is 2.15. The fourth-order valence-electron chi connectivity index (χ4n) is 1.74. The summed E-state index contributed by atoms with van der Waals surface area (Å²) in [6.07, 6.45) is 0. The average molecular weight is 306 g/mol. The molecule has 0 N–H and O–H groups in total. The van der Waals surface area contributed by atoms with Gasteiger partial charge >= 0.3 is 5.97 Å². The number of alkyl halides is 2. The third-order valence-electron chi connectivity index (χ3n) is 2.65. The zero-order chi connectivity index (χ0) is 14.3. The predicted octanol–water partition coefficient (Wildman–Crippen LogP) is 2.77. The van der Waals surface area contributed by atoms with E-state index in [-0.39, 0.29) is 0 Å². The summed E-state index contributed by atoms with van der Waals surface area (Å²) >= 11 is 11.6. The van der Waals surface area contributed by atoms with Crippen LogP contribution in [0.5, 0.6) is 5.75 Å². The van der Waals surface area contributed by atoms with Gasteiger partial charge in [0.25, 0.3) is 0 Å². The second-order valence-electron chi connectivity index (χ2n) is 3.74. The topological polar surface area (TPSA) is 38.8 Å². The number of hydrogen-bond donors (Lipinski definition) is 0. The van der Waals surface area contributed by atoms with Crippen LogP contribution < -0.4 is 9.64 Å². The first-order chi connectivity index (χ1) is 9.17. The van der Waals surface area contributed by atoms with Crippen LogP contribution >= 0.6 is 23.2 Å². The molecule has 0 aliphatic carbocycles. The zero-order valence-corrected chi connectivity index (χ0v) is 12.5. The van der Waals surface area contributed by atoms with Crippen LogP contribution in [-0.2, 0) is 4.74 Å². The second-order valence-corrected chi connectivity index (χ2v) is 4.50. The van der Waals surface area contributed by atoms with Gasteiger partial charge in [-0.05, 0) is 18.2 Å². The van der Waals surface area contributed by atoms with Crippen molar-refractivity contribution < 1.29 is 14.3 Å². The maximum Gasteiger partial charge on any atom is 0.337 e. The van der Waals surface area contributed by atoms with Gasteiger partial charge in [0.2, 0.25) is 0 Å². The zero-order valence-electron chi connectivity index (χ0n) is 11.0. The molecule has 0 heterocycles. The SMILES string of the molecule is COC(=O)c1ccc(N(CCCl)CCCl)c(OC)c1. The Morgan fingerprint density at radius 3 is 2.32 bits per heavy atom. The Morgan fingerprint density at radius 1 is 1.21 bits per heavy atom. The summed E-state index contributed by atoms with van der Waals surface area (Å²) in [6, 6.07) is 5.15. The number of methoxy groups -OCH3 is 2. The van der Waals surface area contributed by atoms with E-state index in [9.17, 15) is 4.79 Å². The van der Waals surface area contributed by atoms with Crippen molar-refractivity contribution in [1.29, 1.82) is 0 Å². The fraction of sp³-hybridized carbons (Fsp3) is 0.462. The first-order valence-electron chi connectivity index (χ1n) is 5.81. The molecule has 0 fully saturated rings. The van der Waals surface area contributed by atoms with E-state index in [1.165, 1.54) is 7.11 Å². The van der Waals surface area contributed by atoms with Gasteiger partial charge in [0.05, 0.1) is 25.5 Å². The molecule has 1 aromatic carbocycles. The van der Waals surface area contributed by atoms with E-state index in [0.717, 1.165) is 5.69 Å². The van der Waals surface area contributed by atoms with E-state index in [0.29, 0.717) is 36.2 Å². The van der Waals surface area contributed by atoms with Gasteiger partial charge in [0.15, 0.2) is 0 Å². The Balaban J connectivity index is 3.08. The number of halogens is 2. The summed E-state index contributed by atoms with van der Waals surface area (Å²) < 4.78 is 10.00. The first-order valence-corrected chi connectivity index (χ1v) is 6.88. The number of rotatable bonds is 7. The van der Waals surface area contributed by atoms with Crippen LogP contribution in [0.1, 0.15) is 10.4 Å². The number of benzene rings is 1. The Kier molecular flexibility index (Phi) is 6.81. The summed E-state index contributed by atoms with van der Waals surface area (Å²) in [5.41, 5.74) is 1.30. The van der Waals surface area contributed by atoms with Crippen LogP contribution in [0.15, 0.2) is 18.2 Å². The van der Waals surface area contributed by atoms with E-state index in [1.54, 1.807) is 19.2 Å². The number of carbonyl (C=O) groups is 1. The molecule has 106 valence electrons. The Bertz CT molecular complexity index is 420. The van der Waals surface area contributed by atoms with Crippen LogP contribution in [0.2, 0.25) is 0 Å². The minimum Gasteiger partial charge on any atom is -0.495 e. The lowest BCUT2D eigenvalue weighted by molar-refractivity contribution is 0.0600. The van der Waals surface area contributed by atoms with Gasteiger partial charge in [-0.25, -0.2) is 4.79 Å². The Morgan fingerprint density at radius 2 is 1.84 bits per heavy atom. The van der Waals surface area contributed by atoms with Crippen molar-refractivity contribution in [3.8, 4) is 5.75 Å². The molecular weight excluding hydrogens is 289 g/mol. The van der Waals surface area contributed by atoms with E-state index in [4.69, 9.17) is 27.9 Å². The molecule has 0 saturated carbocycles. The van der Waals surface area contributed by atoms with Crippen molar-refractivity contribution in [3.63, 3.8) is 0 Å². The largest absolute Gasteiger partial charge is 0.495 e. The maximum atomic E-state index is 11.5. The van der Waals surface area contributed by atoms with Gasteiger partial charge in [-0.15, -0.1) is 23.2 Å². The van der Waals surface area contributed by atoms with Crippen molar-refractivity contribution in [1.82, 2.24) is 0 Å². The van der Waals surface area contributed by atoms with Gasteiger partial charge in [0.1, 0.15) is 5.75 Å². The van der Waals surface area contributed by atoms with E-state index >= 15 is 0 Å². The summed E-state index contributed by atoms with van der Waals surface area (Å²) in [6.45, 7) is 1.31. The summed E-state index contributed by atoms with van der Waals surface area (Å²) in [5, 5.41) is 0. The molecule has 0 aliphatic heterocycles. The summed E-state index contributed by atoms with van der Waals surface area (Å²) in [7, 11) is 2.90. The minimum absolute atomic E-state index is 0.397. The minimum atomic E-state index is -0.397. The Hall–Kier alpha value is -1.13. The van der Waals surface area contributed by atoms with Crippen molar-refractivity contribution in [3.05, 3.63) is 23.8 Å². The quantitative estimate of drug-likeness (QED) is 0.573. The summed E-state index contributed by atoms with van der Waals surface area (Å²) in [5.74, 6) is 1.17. The van der Waals surface area contributed by atoms with E-state index in [2.05, 4.69) is 4.74 Å². The van der Waals surface area contributed by atoms with Crippen LogP contribution in [0.3, 0.4) is 0 Å². The molecule has 0 aromatic heterocycles. The molecule has 0 unspecified atom stereocenters. The van der Waals surface area contributed by atoms with Crippen LogP contribution in [0, 0.1) is 0 Å². The number of carbonyl (C=O) groups excluding carboxylic acids is 1. The second kappa shape index (κ2) is 8.12. The van der Waals surface area contributed by atoms with Crippen LogP contribution in [0.4, 0.5) is 5.69 Å². The molecule has 4 nitrogen and oxygen atoms in total. The lowest BCUT2D eigenvalue weighted by Gasteiger charge is -2.25. The standard InChI is InChI=1S/C13H17Cl2NO3/c1-18-12-9-10(13(17)19-2)3-4-11(12)16(7-5-14)8-6-15/h3-4,9H,5-8H2,1-2H3. The van der Waals surface area contributed by atoms with Crippen molar-refractivity contribution in [2.45, 2.75) is 0 Å². The number of nitrogens with zero attached hydrogens (tertiary/aromatic N) is 1. The highest BCUT2D eigenvalue weighted by molar-refractivity contribution is 6.18. The molecule has 1 aromatic rings. The van der Waals surface area contributed by atoms with E-state index in [1.807, 2.05) is 11.0 Å². The molecule has 0 bridgehead atoms. The van der Waals surface area contributed by atoms with Gasteiger partial charge in [-0.2, -0.15) is 0 Å². The molecular formula is C13H17Cl2NO3. The molecule has 6 heteroatoms. The van der Waals surface area contributed by atoms with E-state index < -0.39 is 5.97 Å². The number of anilines is 1. The van der Waals surface area contributed by atoms with Gasteiger partial charge in [-0.1, -0.05) is 0 Å². The van der Waals surface area contributed by atoms with Crippen molar-refractivity contribution >= 4 is 34.9 Å². The third-order valence-corrected chi connectivity index (χ3v) is 2.99. The third kappa shape index (κ3) is 4.18. The van der Waals surface area contributed by atoms with Gasteiger partial charge in [-0.3, -0.25) is 0 Å². The van der Waals surface area contributed by atoms with Gasteiger partial charge in [0, 0.05) is 24.8 Å². The normalized spacial score (nSPS) is 10.1. The highest BCUT2D eigenvalue weighted by Crippen LogP contribution is 2.29. The highest BCUT2D eigenvalue weighted by Gasteiger charge is 2.14. The van der Waals surface area contributed by atoms with Crippen LogP contribution in [-0.4, -0.2) is 45.0 Å². The number of ether oxygens (including phenoxy) is 2. The monoisotopic (exact) mass is 305 g/mol. The first kappa shape index (κ1) is 15.9. The van der Waals surface area contributed by atoms with Gasteiger partial charge < -0.3 is 14.4 Å². The van der Waals surface area contributed by atoms with Crippen molar-refractivity contribution in [2.24, 2.45) is 0 Å². The average Bonchev–Trinajstić information content (AvgIpc) is 2.45. The molecule has 0 aliphatic rings. The molecule has 0 amide bonds. The number of hydrogen-bond acceptors (Lipinski definition) is 4. The highest BCUT2D eigenvalue weighted by atomic mass is 35.5. The summed E-state index contributed by atoms with van der Waals surface area (Å²) in [4.78, 5) is 13.5. The lowest BCUT2D eigenvalue weighted by Crippen LogP contribution is -2.28. The molecule has 0 spiro atoms. The predicted molar refractivity (Wildman–Crippen MR) is 78.0 cm³/mol. The molecule has 1 rings (SSSR count). The lowest BCUT2D eigenvalue weighted by atomic mass is 10.1. The van der Waals surface area contributed by atoms with Crippen LogP contribution in [0.25, 0.3) is 0 Å². The molecule has 0 atom stereocenters. The number of esters is 1.